The lowest BCUT2D eigenvalue weighted by atomic mass is 10.1. The van der Waals surface area contributed by atoms with Gasteiger partial charge in [-0.15, -0.1) is 6.42 Å². The third kappa shape index (κ3) is 2.09. The summed E-state index contributed by atoms with van der Waals surface area (Å²) in [7, 11) is 1.70. The van der Waals surface area contributed by atoms with Crippen molar-refractivity contribution < 1.29 is 4.39 Å². The maximum Gasteiger partial charge on any atom is 0.143 e. The first-order chi connectivity index (χ1) is 6.20. The second-order valence-corrected chi connectivity index (χ2v) is 3.39. The molecule has 0 radical (unpaired) electrons. The summed E-state index contributed by atoms with van der Waals surface area (Å²) in [4.78, 5) is 0. The highest BCUT2D eigenvalue weighted by atomic mass is 79.9. The van der Waals surface area contributed by atoms with Gasteiger partial charge in [0.25, 0.3) is 0 Å². The topological polar surface area (TPSA) is 12.0 Å². The van der Waals surface area contributed by atoms with E-state index in [0.717, 1.165) is 0 Å². The van der Waals surface area contributed by atoms with E-state index in [1.165, 1.54) is 0 Å². The van der Waals surface area contributed by atoms with Gasteiger partial charge in [0.1, 0.15) is 5.82 Å². The van der Waals surface area contributed by atoms with Gasteiger partial charge in [-0.1, -0.05) is 18.1 Å². The molecule has 0 aliphatic carbocycles. The van der Waals surface area contributed by atoms with Crippen LogP contribution in [-0.4, -0.2) is 7.05 Å². The number of nitrogens with one attached hydrogen (secondary N) is 1. The van der Waals surface area contributed by atoms with Crippen molar-refractivity contribution in [1.29, 1.82) is 0 Å². The third-order valence-corrected chi connectivity index (χ3v) is 2.36. The molecule has 0 fully saturated rings. The maximum absolute atomic E-state index is 13.4. The third-order valence-electron chi connectivity index (χ3n) is 1.75. The summed E-state index contributed by atoms with van der Waals surface area (Å²) in [5.74, 6) is 2.16. The molecule has 0 bridgehead atoms. The molecule has 1 rings (SSSR count). The van der Waals surface area contributed by atoms with Gasteiger partial charge in [0.15, 0.2) is 0 Å². The Balaban J connectivity index is 3.15. The van der Waals surface area contributed by atoms with Crippen LogP contribution in [0.15, 0.2) is 22.7 Å². The molecular weight excluding hydrogens is 233 g/mol. The van der Waals surface area contributed by atoms with E-state index in [1.807, 2.05) is 0 Å². The molecule has 0 saturated heterocycles. The molecule has 0 heterocycles. The van der Waals surface area contributed by atoms with E-state index in [1.54, 1.807) is 25.2 Å². The van der Waals surface area contributed by atoms with Gasteiger partial charge >= 0.3 is 0 Å². The van der Waals surface area contributed by atoms with Crippen LogP contribution < -0.4 is 5.32 Å². The molecule has 1 N–H and O–H groups in total. The van der Waals surface area contributed by atoms with Gasteiger partial charge in [-0.2, -0.15) is 0 Å². The lowest BCUT2D eigenvalue weighted by Crippen LogP contribution is -2.15. The predicted octanol–water partition coefficient (Wildman–Crippen LogP) is 2.48. The van der Waals surface area contributed by atoms with Gasteiger partial charge < -0.3 is 5.32 Å². The number of hydrogen-bond donors (Lipinski definition) is 1. The van der Waals surface area contributed by atoms with Crippen molar-refractivity contribution >= 4 is 15.9 Å². The molecule has 1 nitrogen and oxygen atoms in total. The minimum absolute atomic E-state index is 0.306. The van der Waals surface area contributed by atoms with Crippen molar-refractivity contribution in [3.8, 4) is 12.3 Å². The summed E-state index contributed by atoms with van der Waals surface area (Å²) in [6.45, 7) is 0. The minimum Gasteiger partial charge on any atom is -0.303 e. The van der Waals surface area contributed by atoms with Crippen molar-refractivity contribution in [2.75, 3.05) is 7.05 Å². The van der Waals surface area contributed by atoms with Gasteiger partial charge in [-0.3, -0.25) is 0 Å². The van der Waals surface area contributed by atoms with E-state index < -0.39 is 0 Å². The average Bonchev–Trinajstić information content (AvgIpc) is 2.14. The average molecular weight is 242 g/mol. The summed E-state index contributed by atoms with van der Waals surface area (Å²) >= 11 is 3.10. The molecule has 0 spiro atoms. The Hall–Kier alpha value is -0.850. The summed E-state index contributed by atoms with van der Waals surface area (Å²) in [6, 6.07) is 4.69. The van der Waals surface area contributed by atoms with Crippen molar-refractivity contribution in [2.45, 2.75) is 6.04 Å². The number of hydrogen-bond acceptors (Lipinski definition) is 1. The molecule has 0 amide bonds. The van der Waals surface area contributed by atoms with Crippen LogP contribution in [-0.2, 0) is 0 Å². The first-order valence-corrected chi connectivity index (χ1v) is 4.57. The van der Waals surface area contributed by atoms with Crippen molar-refractivity contribution in [2.24, 2.45) is 0 Å². The molecule has 0 aliphatic rings. The highest BCUT2D eigenvalue weighted by molar-refractivity contribution is 9.10. The quantitative estimate of drug-likeness (QED) is 0.785. The summed E-state index contributed by atoms with van der Waals surface area (Å²) in [5.41, 5.74) is 0.486. The molecule has 3 heteroatoms. The normalized spacial score (nSPS) is 12.2. The molecule has 13 heavy (non-hydrogen) atoms. The number of rotatable bonds is 2. The Kier molecular flexibility index (Phi) is 3.47. The van der Waals surface area contributed by atoms with E-state index in [-0.39, 0.29) is 11.9 Å². The SMILES string of the molecule is C#CC(NC)c1cccc(Br)c1F. The summed E-state index contributed by atoms with van der Waals surface area (Å²) in [5, 5.41) is 2.84. The van der Waals surface area contributed by atoms with Gasteiger partial charge in [0, 0.05) is 5.56 Å². The van der Waals surface area contributed by atoms with Crippen LogP contribution >= 0.6 is 15.9 Å². The molecule has 1 aromatic rings. The van der Waals surface area contributed by atoms with Crippen LogP contribution in [0.1, 0.15) is 11.6 Å². The van der Waals surface area contributed by atoms with E-state index in [9.17, 15) is 4.39 Å². The number of halogens is 2. The molecule has 68 valence electrons. The first-order valence-electron chi connectivity index (χ1n) is 3.78. The van der Waals surface area contributed by atoms with Crippen molar-refractivity contribution in [3.05, 3.63) is 34.1 Å². The second kappa shape index (κ2) is 4.40. The van der Waals surface area contributed by atoms with Crippen LogP contribution in [0.25, 0.3) is 0 Å². The highest BCUT2D eigenvalue weighted by Gasteiger charge is 2.12. The first kappa shape index (κ1) is 10.2. The lowest BCUT2D eigenvalue weighted by Gasteiger charge is -2.11. The van der Waals surface area contributed by atoms with Crippen LogP contribution in [0.5, 0.6) is 0 Å². The smallest absolute Gasteiger partial charge is 0.143 e. The molecule has 1 aromatic carbocycles. The Labute approximate surface area is 85.5 Å². The summed E-state index contributed by atoms with van der Waals surface area (Å²) in [6.07, 6.45) is 5.24. The van der Waals surface area contributed by atoms with E-state index >= 15 is 0 Å². The minimum atomic E-state index is -0.377. The Morgan fingerprint density at radius 3 is 2.85 bits per heavy atom. The fourth-order valence-corrected chi connectivity index (χ4v) is 1.45. The van der Waals surface area contributed by atoms with E-state index in [0.29, 0.717) is 10.0 Å². The van der Waals surface area contributed by atoms with Gasteiger partial charge in [-0.25, -0.2) is 4.39 Å². The van der Waals surface area contributed by atoms with Crippen molar-refractivity contribution in [1.82, 2.24) is 5.32 Å². The monoisotopic (exact) mass is 241 g/mol. The maximum atomic E-state index is 13.4. The zero-order valence-corrected chi connectivity index (χ0v) is 8.73. The fourth-order valence-electron chi connectivity index (χ4n) is 1.07. The predicted molar refractivity (Wildman–Crippen MR) is 54.7 cm³/mol. The molecule has 1 unspecified atom stereocenters. The zero-order chi connectivity index (χ0) is 9.84. The number of terminal acetylenes is 1. The molecule has 0 aliphatic heterocycles. The largest absolute Gasteiger partial charge is 0.303 e. The Morgan fingerprint density at radius 2 is 2.31 bits per heavy atom. The van der Waals surface area contributed by atoms with E-state index in [4.69, 9.17) is 6.42 Å². The van der Waals surface area contributed by atoms with Crippen LogP contribution in [0, 0.1) is 18.2 Å². The lowest BCUT2D eigenvalue weighted by molar-refractivity contribution is 0.581. The van der Waals surface area contributed by atoms with Gasteiger partial charge in [0.2, 0.25) is 0 Å². The second-order valence-electron chi connectivity index (χ2n) is 2.53. The van der Waals surface area contributed by atoms with Gasteiger partial charge in [-0.05, 0) is 29.0 Å². The zero-order valence-electron chi connectivity index (χ0n) is 7.14. The standard InChI is InChI=1S/C10H9BrFN/c1-3-9(13-2)7-5-4-6-8(11)10(7)12/h1,4-6,9,13H,2H3. The van der Waals surface area contributed by atoms with Crippen LogP contribution in [0.3, 0.4) is 0 Å². The summed E-state index contributed by atoms with van der Waals surface area (Å²) < 4.78 is 13.9. The highest BCUT2D eigenvalue weighted by Crippen LogP contribution is 2.22. The van der Waals surface area contributed by atoms with Crippen LogP contribution in [0.4, 0.5) is 4.39 Å². The molecule has 1 atom stereocenters. The molecule has 0 aromatic heterocycles. The molecule has 0 saturated carbocycles. The van der Waals surface area contributed by atoms with E-state index in [2.05, 4.69) is 27.2 Å². The van der Waals surface area contributed by atoms with Crippen LogP contribution in [0.2, 0.25) is 0 Å². The van der Waals surface area contributed by atoms with Gasteiger partial charge in [0.05, 0.1) is 10.5 Å². The fraction of sp³-hybridized carbons (Fsp3) is 0.200. The van der Waals surface area contributed by atoms with Crippen molar-refractivity contribution in [3.63, 3.8) is 0 Å². The Bertz CT molecular complexity index is 343. The Morgan fingerprint density at radius 1 is 1.62 bits per heavy atom. The molecular formula is C10H9BrFN. The number of benzene rings is 1.